The summed E-state index contributed by atoms with van der Waals surface area (Å²) in [6.45, 7) is 2.47. The first kappa shape index (κ1) is 5.06. The zero-order valence-electron chi connectivity index (χ0n) is 4.78. The number of hydrogen-bond donors (Lipinski definition) is 1. The van der Waals surface area contributed by atoms with E-state index in [0.717, 1.165) is 0 Å². The molecule has 0 aromatic carbocycles. The molecule has 1 heterocycles. The molecule has 2 heteroatoms. The molecule has 44 valence electrons. The Kier molecular flexibility index (Phi) is 1.65. The predicted octanol–water partition coefficient (Wildman–Crippen LogP) is 0.463. The SMILES string of the molecule is CNN1CCCC1.[HH]. The highest BCUT2D eigenvalue weighted by Crippen LogP contribution is 2.01. The lowest BCUT2D eigenvalue weighted by molar-refractivity contribution is 0.262. The van der Waals surface area contributed by atoms with Gasteiger partial charge in [0.15, 0.2) is 0 Å². The van der Waals surface area contributed by atoms with E-state index in [-0.39, 0.29) is 1.43 Å². The van der Waals surface area contributed by atoms with Gasteiger partial charge in [0.2, 0.25) is 0 Å². The summed E-state index contributed by atoms with van der Waals surface area (Å²) in [5.74, 6) is 0. The van der Waals surface area contributed by atoms with Crippen molar-refractivity contribution in [2.45, 2.75) is 12.8 Å². The molecule has 0 aromatic heterocycles. The van der Waals surface area contributed by atoms with Gasteiger partial charge in [0, 0.05) is 14.5 Å². The Labute approximate surface area is 46.0 Å². The molecule has 0 aromatic rings. The summed E-state index contributed by atoms with van der Waals surface area (Å²) in [5.41, 5.74) is 3.10. The van der Waals surface area contributed by atoms with Crippen LogP contribution in [-0.2, 0) is 0 Å². The largest absolute Gasteiger partial charge is 0.258 e. The van der Waals surface area contributed by atoms with Crippen molar-refractivity contribution in [1.82, 2.24) is 10.4 Å². The maximum absolute atomic E-state index is 3.10. The molecule has 0 atom stereocenters. The minimum atomic E-state index is 0. The fraction of sp³-hybridized carbons (Fsp3) is 1.00. The standard InChI is InChI=1S/C5H12N2.H2/c1-6-7-4-2-3-5-7;/h6H,2-5H2,1H3;1H. The molecule has 7 heavy (non-hydrogen) atoms. The van der Waals surface area contributed by atoms with Crippen LogP contribution in [-0.4, -0.2) is 25.1 Å². The van der Waals surface area contributed by atoms with E-state index < -0.39 is 0 Å². The molecular formula is C5H14N2. The van der Waals surface area contributed by atoms with Crippen LogP contribution in [0, 0.1) is 0 Å². The lowest BCUT2D eigenvalue weighted by Crippen LogP contribution is -2.31. The third-order valence-electron chi connectivity index (χ3n) is 1.42. The third-order valence-corrected chi connectivity index (χ3v) is 1.42. The first-order valence-electron chi connectivity index (χ1n) is 2.86. The number of nitrogens with zero attached hydrogens (tertiary/aromatic N) is 1. The minimum absolute atomic E-state index is 0. The molecule has 0 unspecified atom stereocenters. The molecule has 1 aliphatic rings. The van der Waals surface area contributed by atoms with Crippen LogP contribution in [0.25, 0.3) is 0 Å². The molecule has 0 aliphatic carbocycles. The van der Waals surface area contributed by atoms with Crippen molar-refractivity contribution in [1.29, 1.82) is 0 Å². The number of nitrogens with one attached hydrogen (secondary N) is 1. The Balaban J connectivity index is 0.000000490. The van der Waals surface area contributed by atoms with Crippen molar-refractivity contribution in [3.05, 3.63) is 0 Å². The van der Waals surface area contributed by atoms with Crippen LogP contribution < -0.4 is 5.43 Å². The lowest BCUT2D eigenvalue weighted by Gasteiger charge is -2.10. The van der Waals surface area contributed by atoms with Gasteiger partial charge >= 0.3 is 0 Å². The first-order chi connectivity index (χ1) is 3.43. The minimum Gasteiger partial charge on any atom is -0.258 e. The topological polar surface area (TPSA) is 15.3 Å². The van der Waals surface area contributed by atoms with Crippen LogP contribution in [0.5, 0.6) is 0 Å². The Morgan fingerprint density at radius 3 is 2.29 bits per heavy atom. The van der Waals surface area contributed by atoms with E-state index in [4.69, 9.17) is 0 Å². The second-order valence-corrected chi connectivity index (χ2v) is 1.92. The van der Waals surface area contributed by atoms with E-state index in [9.17, 15) is 0 Å². The average Bonchev–Trinajstić information content (AvgIpc) is 2.14. The van der Waals surface area contributed by atoms with Gasteiger partial charge in [0.25, 0.3) is 0 Å². The summed E-state index contributed by atoms with van der Waals surface area (Å²) in [6, 6.07) is 0. The van der Waals surface area contributed by atoms with Crippen molar-refractivity contribution in [3.8, 4) is 0 Å². The van der Waals surface area contributed by atoms with E-state index in [1.54, 1.807) is 0 Å². The average molecular weight is 102 g/mol. The molecule has 1 rings (SSSR count). The Hall–Kier alpha value is -0.0800. The molecular weight excluding hydrogens is 88.1 g/mol. The van der Waals surface area contributed by atoms with E-state index in [1.807, 2.05) is 7.05 Å². The summed E-state index contributed by atoms with van der Waals surface area (Å²) < 4.78 is 0. The lowest BCUT2D eigenvalue weighted by atomic mass is 10.4. The molecule has 0 radical (unpaired) electrons. The normalized spacial score (nSPS) is 23.6. The summed E-state index contributed by atoms with van der Waals surface area (Å²) in [4.78, 5) is 0. The quantitative estimate of drug-likeness (QED) is 0.517. The van der Waals surface area contributed by atoms with Gasteiger partial charge in [-0.3, -0.25) is 5.43 Å². The summed E-state index contributed by atoms with van der Waals surface area (Å²) in [5, 5.41) is 2.24. The van der Waals surface area contributed by atoms with Crippen molar-refractivity contribution >= 4 is 0 Å². The maximum Gasteiger partial charge on any atom is 0.0131 e. The van der Waals surface area contributed by atoms with Gasteiger partial charge in [-0.1, -0.05) is 0 Å². The van der Waals surface area contributed by atoms with Gasteiger partial charge in [-0.05, 0) is 19.9 Å². The molecule has 1 N–H and O–H groups in total. The number of hydrogen-bond acceptors (Lipinski definition) is 2. The Bertz CT molecular complexity index is 52.4. The highest BCUT2D eigenvalue weighted by atomic mass is 15.5. The second kappa shape index (κ2) is 2.28. The monoisotopic (exact) mass is 102 g/mol. The fourth-order valence-electron chi connectivity index (χ4n) is 0.941. The smallest absolute Gasteiger partial charge is 0.0131 e. The first-order valence-corrected chi connectivity index (χ1v) is 2.86. The van der Waals surface area contributed by atoms with Crippen LogP contribution in [0.1, 0.15) is 14.3 Å². The fourth-order valence-corrected chi connectivity index (χ4v) is 0.941. The van der Waals surface area contributed by atoms with Crippen molar-refractivity contribution in [2.75, 3.05) is 20.1 Å². The van der Waals surface area contributed by atoms with E-state index in [2.05, 4.69) is 10.4 Å². The van der Waals surface area contributed by atoms with Crippen LogP contribution >= 0.6 is 0 Å². The second-order valence-electron chi connectivity index (χ2n) is 1.92. The van der Waals surface area contributed by atoms with Gasteiger partial charge in [0.05, 0.1) is 0 Å². The van der Waals surface area contributed by atoms with Crippen LogP contribution in [0.2, 0.25) is 0 Å². The molecule has 0 amide bonds. The van der Waals surface area contributed by atoms with Crippen LogP contribution in [0.4, 0.5) is 0 Å². The van der Waals surface area contributed by atoms with E-state index >= 15 is 0 Å². The molecule has 1 fully saturated rings. The zero-order valence-corrected chi connectivity index (χ0v) is 4.78. The van der Waals surface area contributed by atoms with Crippen molar-refractivity contribution in [3.63, 3.8) is 0 Å². The van der Waals surface area contributed by atoms with Gasteiger partial charge in [-0.25, -0.2) is 5.01 Å². The van der Waals surface area contributed by atoms with E-state index in [1.165, 1.54) is 25.9 Å². The van der Waals surface area contributed by atoms with E-state index in [0.29, 0.717) is 0 Å². The summed E-state index contributed by atoms with van der Waals surface area (Å²) in [6.07, 6.45) is 2.72. The van der Waals surface area contributed by atoms with Gasteiger partial charge in [-0.15, -0.1) is 0 Å². The highest BCUT2D eigenvalue weighted by Gasteiger charge is 2.06. The number of rotatable bonds is 1. The molecule has 1 saturated heterocycles. The van der Waals surface area contributed by atoms with Crippen molar-refractivity contribution < 1.29 is 1.43 Å². The van der Waals surface area contributed by atoms with Gasteiger partial charge in [-0.2, -0.15) is 0 Å². The maximum atomic E-state index is 3.10. The van der Waals surface area contributed by atoms with Crippen molar-refractivity contribution in [2.24, 2.45) is 0 Å². The van der Waals surface area contributed by atoms with Crippen LogP contribution in [0.15, 0.2) is 0 Å². The molecule has 0 saturated carbocycles. The van der Waals surface area contributed by atoms with Gasteiger partial charge in [0.1, 0.15) is 0 Å². The predicted molar refractivity (Wildman–Crippen MR) is 32.0 cm³/mol. The Morgan fingerprint density at radius 1 is 1.43 bits per heavy atom. The zero-order chi connectivity index (χ0) is 5.11. The third kappa shape index (κ3) is 1.14. The summed E-state index contributed by atoms with van der Waals surface area (Å²) in [7, 11) is 1.98. The number of hydrazine groups is 1. The molecule has 0 bridgehead atoms. The summed E-state index contributed by atoms with van der Waals surface area (Å²) >= 11 is 0. The van der Waals surface area contributed by atoms with Crippen LogP contribution in [0.3, 0.4) is 0 Å². The molecule has 2 nitrogen and oxygen atoms in total. The highest BCUT2D eigenvalue weighted by molar-refractivity contribution is 4.59. The Morgan fingerprint density at radius 2 is 2.00 bits per heavy atom. The molecule has 1 aliphatic heterocycles. The molecule has 0 spiro atoms. The van der Waals surface area contributed by atoms with Gasteiger partial charge < -0.3 is 0 Å².